The third-order valence-electron chi connectivity index (χ3n) is 3.01. The molecule has 1 aliphatic heterocycles. The van der Waals surface area contributed by atoms with Crippen LogP contribution in [0.1, 0.15) is 18.4 Å². The number of benzene rings is 1. The van der Waals surface area contributed by atoms with E-state index in [-0.39, 0.29) is 17.1 Å². The van der Waals surface area contributed by atoms with Gasteiger partial charge in [-0.05, 0) is 31.0 Å². The zero-order valence-electron chi connectivity index (χ0n) is 10.6. The molecule has 9 heteroatoms. The van der Waals surface area contributed by atoms with Crippen LogP contribution in [0.15, 0.2) is 23.4 Å². The molecule has 1 fully saturated rings. The van der Waals surface area contributed by atoms with Crippen molar-refractivity contribution in [2.24, 2.45) is 10.9 Å². The number of amidine groups is 1. The molecule has 0 amide bonds. The van der Waals surface area contributed by atoms with Crippen molar-refractivity contribution >= 4 is 21.7 Å². The van der Waals surface area contributed by atoms with E-state index in [1.54, 1.807) is 0 Å². The van der Waals surface area contributed by atoms with Crippen LogP contribution in [-0.4, -0.2) is 36.9 Å². The summed E-state index contributed by atoms with van der Waals surface area (Å²) in [7, 11) is -3.72. The lowest BCUT2D eigenvalue weighted by molar-refractivity contribution is 0.318. The van der Waals surface area contributed by atoms with Crippen molar-refractivity contribution in [3.05, 3.63) is 29.6 Å². The summed E-state index contributed by atoms with van der Waals surface area (Å²) in [6.07, 6.45) is 1.61. The predicted molar refractivity (Wildman–Crippen MR) is 72.3 cm³/mol. The van der Waals surface area contributed by atoms with Crippen LogP contribution in [0.5, 0.6) is 0 Å². The Bertz CT molecular complexity index is 627. The standard InChI is InChI=1S/C11H15FN4O3S/c12-8-3-4-10(9(7-8)11(13)14-17)15-20(18,19)16-5-1-2-6-16/h3-4,7,15,17H,1-2,5-6H2,(H2,13,14). The number of nitrogens with one attached hydrogen (secondary N) is 1. The van der Waals surface area contributed by atoms with E-state index in [0.717, 1.165) is 25.0 Å². The Morgan fingerprint density at radius 2 is 2.05 bits per heavy atom. The molecule has 0 bridgehead atoms. The Morgan fingerprint density at radius 1 is 1.40 bits per heavy atom. The van der Waals surface area contributed by atoms with Crippen LogP contribution >= 0.6 is 0 Å². The first-order valence-corrected chi connectivity index (χ1v) is 7.43. The normalized spacial score (nSPS) is 17.4. The molecule has 0 unspecified atom stereocenters. The molecule has 0 aromatic heterocycles. The van der Waals surface area contributed by atoms with E-state index in [9.17, 15) is 12.8 Å². The average Bonchev–Trinajstić information content (AvgIpc) is 2.94. The van der Waals surface area contributed by atoms with Gasteiger partial charge in [0.15, 0.2) is 5.84 Å². The molecule has 4 N–H and O–H groups in total. The van der Waals surface area contributed by atoms with Crippen LogP contribution in [0, 0.1) is 5.82 Å². The molecule has 0 atom stereocenters. The first-order valence-electron chi connectivity index (χ1n) is 5.99. The van der Waals surface area contributed by atoms with Crippen molar-refractivity contribution < 1.29 is 18.0 Å². The number of anilines is 1. The number of rotatable bonds is 4. The predicted octanol–water partition coefficient (Wildman–Crippen LogP) is 0.673. The minimum Gasteiger partial charge on any atom is -0.409 e. The molecule has 0 spiro atoms. The summed E-state index contributed by atoms with van der Waals surface area (Å²) in [5.74, 6) is -0.987. The number of nitrogens with zero attached hydrogens (tertiary/aromatic N) is 2. The summed E-state index contributed by atoms with van der Waals surface area (Å²) in [6, 6.07) is 3.32. The molecular weight excluding hydrogens is 287 g/mol. The van der Waals surface area contributed by atoms with Gasteiger partial charge in [-0.2, -0.15) is 12.7 Å². The minimum atomic E-state index is -3.72. The largest absolute Gasteiger partial charge is 0.409 e. The monoisotopic (exact) mass is 302 g/mol. The van der Waals surface area contributed by atoms with Gasteiger partial charge in [0.1, 0.15) is 5.82 Å². The van der Waals surface area contributed by atoms with E-state index in [1.165, 1.54) is 10.4 Å². The van der Waals surface area contributed by atoms with Gasteiger partial charge >= 0.3 is 10.2 Å². The maximum Gasteiger partial charge on any atom is 0.301 e. The van der Waals surface area contributed by atoms with E-state index < -0.39 is 16.0 Å². The van der Waals surface area contributed by atoms with Crippen molar-refractivity contribution in [1.29, 1.82) is 0 Å². The zero-order chi connectivity index (χ0) is 14.8. The summed E-state index contributed by atoms with van der Waals surface area (Å²) >= 11 is 0. The molecule has 110 valence electrons. The van der Waals surface area contributed by atoms with Gasteiger partial charge in [-0.25, -0.2) is 4.39 Å². The maximum absolute atomic E-state index is 13.2. The highest BCUT2D eigenvalue weighted by atomic mass is 32.2. The molecule has 1 aliphatic rings. The topological polar surface area (TPSA) is 108 Å². The summed E-state index contributed by atoms with van der Waals surface area (Å²) in [4.78, 5) is 0. The second-order valence-corrected chi connectivity index (χ2v) is 6.06. The van der Waals surface area contributed by atoms with E-state index >= 15 is 0 Å². The van der Waals surface area contributed by atoms with Crippen LogP contribution in [0.25, 0.3) is 0 Å². The summed E-state index contributed by atoms with van der Waals surface area (Å²) < 4.78 is 41.1. The molecule has 1 aromatic rings. The Labute approximate surface area is 116 Å². The molecule has 2 rings (SSSR count). The Hall–Kier alpha value is -1.87. The Morgan fingerprint density at radius 3 is 2.65 bits per heavy atom. The second kappa shape index (κ2) is 5.63. The van der Waals surface area contributed by atoms with E-state index in [1.807, 2.05) is 0 Å². The van der Waals surface area contributed by atoms with Gasteiger partial charge in [-0.3, -0.25) is 4.72 Å². The van der Waals surface area contributed by atoms with E-state index in [0.29, 0.717) is 13.1 Å². The zero-order valence-corrected chi connectivity index (χ0v) is 11.4. The highest BCUT2D eigenvalue weighted by molar-refractivity contribution is 7.90. The summed E-state index contributed by atoms with van der Waals surface area (Å²) in [5.41, 5.74) is 5.47. The third kappa shape index (κ3) is 2.99. The summed E-state index contributed by atoms with van der Waals surface area (Å²) in [5, 5.41) is 11.4. The Kier molecular flexibility index (Phi) is 4.09. The first-order chi connectivity index (χ1) is 9.44. The fraction of sp³-hybridized carbons (Fsp3) is 0.364. The number of nitrogens with two attached hydrogens (primary N) is 1. The van der Waals surface area contributed by atoms with E-state index in [2.05, 4.69) is 9.88 Å². The van der Waals surface area contributed by atoms with Gasteiger partial charge in [0.05, 0.1) is 5.69 Å². The highest BCUT2D eigenvalue weighted by Crippen LogP contribution is 2.21. The van der Waals surface area contributed by atoms with Gasteiger partial charge in [0, 0.05) is 18.7 Å². The SMILES string of the molecule is N/C(=N/O)c1cc(F)ccc1NS(=O)(=O)N1CCCC1. The van der Waals surface area contributed by atoms with Crippen LogP contribution < -0.4 is 10.5 Å². The molecular formula is C11H15FN4O3S. The van der Waals surface area contributed by atoms with E-state index in [4.69, 9.17) is 10.9 Å². The third-order valence-corrected chi connectivity index (χ3v) is 4.53. The number of hydrogen-bond donors (Lipinski definition) is 3. The van der Waals surface area contributed by atoms with Crippen molar-refractivity contribution in [2.45, 2.75) is 12.8 Å². The minimum absolute atomic E-state index is 0.0183. The second-order valence-electron chi connectivity index (χ2n) is 4.39. The molecule has 1 heterocycles. The van der Waals surface area contributed by atoms with Crippen molar-refractivity contribution in [3.8, 4) is 0 Å². The average molecular weight is 302 g/mol. The van der Waals surface area contributed by atoms with Gasteiger partial charge < -0.3 is 10.9 Å². The lowest BCUT2D eigenvalue weighted by Crippen LogP contribution is -2.34. The fourth-order valence-electron chi connectivity index (χ4n) is 2.00. The highest BCUT2D eigenvalue weighted by Gasteiger charge is 2.26. The van der Waals surface area contributed by atoms with Crippen molar-refractivity contribution in [1.82, 2.24) is 4.31 Å². The van der Waals surface area contributed by atoms with Crippen LogP contribution in [0.3, 0.4) is 0 Å². The van der Waals surface area contributed by atoms with Crippen LogP contribution in [-0.2, 0) is 10.2 Å². The summed E-state index contributed by atoms with van der Waals surface area (Å²) in [6.45, 7) is 0.880. The lowest BCUT2D eigenvalue weighted by Gasteiger charge is -2.18. The van der Waals surface area contributed by atoms with Gasteiger partial charge in [-0.15, -0.1) is 0 Å². The molecule has 0 saturated carbocycles. The number of hydrogen-bond acceptors (Lipinski definition) is 4. The van der Waals surface area contributed by atoms with Crippen molar-refractivity contribution in [3.63, 3.8) is 0 Å². The van der Waals surface area contributed by atoms with Crippen LogP contribution in [0.4, 0.5) is 10.1 Å². The van der Waals surface area contributed by atoms with Gasteiger partial charge in [0.2, 0.25) is 0 Å². The van der Waals surface area contributed by atoms with Gasteiger partial charge in [0.25, 0.3) is 0 Å². The molecule has 7 nitrogen and oxygen atoms in total. The smallest absolute Gasteiger partial charge is 0.301 e. The fourth-order valence-corrected chi connectivity index (χ4v) is 3.33. The molecule has 1 saturated heterocycles. The Balaban J connectivity index is 2.33. The number of oxime groups is 1. The molecule has 0 radical (unpaired) electrons. The molecule has 1 aromatic carbocycles. The first kappa shape index (κ1) is 14.5. The molecule has 0 aliphatic carbocycles. The van der Waals surface area contributed by atoms with Crippen LogP contribution in [0.2, 0.25) is 0 Å². The molecule has 20 heavy (non-hydrogen) atoms. The quantitative estimate of drug-likeness (QED) is 0.329. The lowest BCUT2D eigenvalue weighted by atomic mass is 10.1. The van der Waals surface area contributed by atoms with Gasteiger partial charge in [-0.1, -0.05) is 5.16 Å². The number of halogens is 1. The van der Waals surface area contributed by atoms with Crippen molar-refractivity contribution in [2.75, 3.05) is 17.8 Å². The maximum atomic E-state index is 13.2.